The minimum atomic E-state index is -0.394. The number of ether oxygens (including phenoxy) is 1. The number of rotatable bonds is 8. The van der Waals surface area contributed by atoms with Crippen molar-refractivity contribution in [1.29, 1.82) is 0 Å². The highest BCUT2D eigenvalue weighted by molar-refractivity contribution is 6.04. The Bertz CT molecular complexity index is 909. The van der Waals surface area contributed by atoms with Crippen LogP contribution in [0.4, 0.5) is 21.9 Å². The molecular formula is C24H32N4O3. The van der Waals surface area contributed by atoms with Crippen LogP contribution in [0.15, 0.2) is 42.5 Å². The molecule has 1 aliphatic heterocycles. The van der Waals surface area contributed by atoms with Crippen molar-refractivity contribution in [3.05, 3.63) is 48.0 Å². The van der Waals surface area contributed by atoms with Gasteiger partial charge < -0.3 is 25.6 Å². The highest BCUT2D eigenvalue weighted by Crippen LogP contribution is 2.28. The first-order valence-corrected chi connectivity index (χ1v) is 11.0. The van der Waals surface area contributed by atoms with Crippen LogP contribution in [0.25, 0.3) is 0 Å². The molecule has 1 saturated heterocycles. The second-order valence-electron chi connectivity index (χ2n) is 7.72. The van der Waals surface area contributed by atoms with Gasteiger partial charge in [0.15, 0.2) is 0 Å². The molecule has 0 spiro atoms. The number of hydrogen-bond donors (Lipinski definition) is 3. The van der Waals surface area contributed by atoms with E-state index < -0.39 is 6.03 Å². The summed E-state index contributed by atoms with van der Waals surface area (Å²) < 4.78 is 5.56. The van der Waals surface area contributed by atoms with Crippen LogP contribution in [0.2, 0.25) is 0 Å². The molecule has 1 atom stereocenters. The van der Waals surface area contributed by atoms with Gasteiger partial charge in [-0.05, 0) is 63.4 Å². The minimum absolute atomic E-state index is 0.0777. The molecule has 1 heterocycles. The van der Waals surface area contributed by atoms with Crippen molar-refractivity contribution >= 4 is 29.0 Å². The van der Waals surface area contributed by atoms with E-state index in [1.54, 1.807) is 18.2 Å². The lowest BCUT2D eigenvalue weighted by Gasteiger charge is -2.23. The van der Waals surface area contributed by atoms with Gasteiger partial charge in [-0.3, -0.25) is 4.79 Å². The molecule has 2 aromatic carbocycles. The lowest BCUT2D eigenvalue weighted by atomic mass is 10.1. The second-order valence-corrected chi connectivity index (χ2v) is 7.72. The van der Waals surface area contributed by atoms with Gasteiger partial charge in [-0.2, -0.15) is 0 Å². The molecule has 1 unspecified atom stereocenters. The topological polar surface area (TPSA) is 82.7 Å². The Morgan fingerprint density at radius 1 is 1.06 bits per heavy atom. The van der Waals surface area contributed by atoms with Crippen molar-refractivity contribution in [3.63, 3.8) is 0 Å². The van der Waals surface area contributed by atoms with Gasteiger partial charge in [0.1, 0.15) is 5.75 Å². The minimum Gasteiger partial charge on any atom is -0.492 e. The smallest absolute Gasteiger partial charge is 0.323 e. The van der Waals surface area contributed by atoms with Crippen LogP contribution in [0, 0.1) is 0 Å². The maximum absolute atomic E-state index is 13.0. The normalized spacial score (nSPS) is 14.1. The van der Waals surface area contributed by atoms with Crippen molar-refractivity contribution < 1.29 is 14.3 Å². The SMILES string of the molecule is CCOc1ccccc1NC(=O)Nc1ccc(N2CCCC2)c(C(=O)NC(C)CC)c1. The zero-order valence-electron chi connectivity index (χ0n) is 18.5. The fraction of sp³-hybridized carbons (Fsp3) is 0.417. The highest BCUT2D eigenvalue weighted by atomic mass is 16.5. The van der Waals surface area contributed by atoms with Crippen LogP contribution in [0.5, 0.6) is 5.75 Å². The van der Waals surface area contributed by atoms with Crippen LogP contribution in [0.1, 0.15) is 50.4 Å². The van der Waals surface area contributed by atoms with Gasteiger partial charge in [0.05, 0.1) is 17.9 Å². The molecule has 7 nitrogen and oxygen atoms in total. The zero-order valence-corrected chi connectivity index (χ0v) is 18.5. The molecule has 0 aliphatic carbocycles. The lowest BCUT2D eigenvalue weighted by molar-refractivity contribution is 0.0939. The Morgan fingerprint density at radius 2 is 1.81 bits per heavy atom. The first-order chi connectivity index (χ1) is 15.0. The predicted molar refractivity (Wildman–Crippen MR) is 125 cm³/mol. The quantitative estimate of drug-likeness (QED) is 0.565. The van der Waals surface area contributed by atoms with E-state index >= 15 is 0 Å². The summed E-state index contributed by atoms with van der Waals surface area (Å²) in [7, 11) is 0. The Kier molecular flexibility index (Phi) is 7.76. The summed E-state index contributed by atoms with van der Waals surface area (Å²) in [6.07, 6.45) is 3.09. The largest absolute Gasteiger partial charge is 0.492 e. The van der Waals surface area contributed by atoms with Crippen LogP contribution in [-0.2, 0) is 0 Å². The predicted octanol–water partition coefficient (Wildman–Crippen LogP) is 4.86. The number of anilines is 3. The summed E-state index contributed by atoms with van der Waals surface area (Å²) >= 11 is 0. The van der Waals surface area contributed by atoms with E-state index in [1.165, 1.54) is 0 Å². The number of benzene rings is 2. The number of carbonyl (C=O) groups excluding carboxylic acids is 2. The first-order valence-electron chi connectivity index (χ1n) is 11.0. The number of urea groups is 1. The van der Waals surface area contributed by atoms with Crippen molar-refractivity contribution in [2.24, 2.45) is 0 Å². The van der Waals surface area contributed by atoms with E-state index in [-0.39, 0.29) is 11.9 Å². The third kappa shape index (κ3) is 5.90. The summed E-state index contributed by atoms with van der Waals surface area (Å²) in [4.78, 5) is 27.8. The maximum atomic E-state index is 13.0. The van der Waals surface area contributed by atoms with Crippen molar-refractivity contribution in [1.82, 2.24) is 5.32 Å². The Balaban J connectivity index is 1.79. The molecule has 3 amide bonds. The fourth-order valence-corrected chi connectivity index (χ4v) is 3.57. The Morgan fingerprint density at radius 3 is 2.52 bits per heavy atom. The zero-order chi connectivity index (χ0) is 22.2. The molecule has 0 bridgehead atoms. The molecule has 31 heavy (non-hydrogen) atoms. The van der Waals surface area contributed by atoms with E-state index in [0.29, 0.717) is 29.3 Å². The van der Waals surface area contributed by atoms with Crippen LogP contribution >= 0.6 is 0 Å². The summed E-state index contributed by atoms with van der Waals surface area (Å²) in [5.74, 6) is 0.486. The highest BCUT2D eigenvalue weighted by Gasteiger charge is 2.21. The molecular weight excluding hydrogens is 392 g/mol. The van der Waals surface area contributed by atoms with Gasteiger partial charge in [-0.15, -0.1) is 0 Å². The average molecular weight is 425 g/mol. The van der Waals surface area contributed by atoms with Crippen LogP contribution in [0.3, 0.4) is 0 Å². The molecule has 3 N–H and O–H groups in total. The van der Waals surface area contributed by atoms with Gasteiger partial charge in [-0.1, -0.05) is 19.1 Å². The molecule has 3 rings (SSSR count). The molecule has 1 aliphatic rings. The summed E-state index contributed by atoms with van der Waals surface area (Å²) in [6, 6.07) is 12.5. The number of nitrogens with zero attached hydrogens (tertiary/aromatic N) is 1. The summed E-state index contributed by atoms with van der Waals surface area (Å²) in [5.41, 5.74) is 2.63. The van der Waals surface area contributed by atoms with Gasteiger partial charge in [0.2, 0.25) is 0 Å². The molecule has 1 fully saturated rings. The third-order valence-corrected chi connectivity index (χ3v) is 5.37. The standard InChI is InChI=1S/C24H32N4O3/c1-4-17(3)25-23(29)19-16-18(12-13-21(19)28-14-8-9-15-28)26-24(30)27-20-10-6-7-11-22(20)31-5-2/h6-7,10-13,16-17H,4-5,8-9,14-15H2,1-3H3,(H,25,29)(H2,26,27,30). The van der Waals surface area contributed by atoms with Gasteiger partial charge in [0, 0.05) is 30.5 Å². The van der Waals surface area contributed by atoms with Crippen LogP contribution < -0.4 is 25.6 Å². The summed E-state index contributed by atoms with van der Waals surface area (Å²) in [5, 5.41) is 8.69. The number of para-hydroxylation sites is 2. The monoisotopic (exact) mass is 424 g/mol. The summed E-state index contributed by atoms with van der Waals surface area (Å²) in [6.45, 7) is 8.29. The van der Waals surface area contributed by atoms with E-state index in [9.17, 15) is 9.59 Å². The van der Waals surface area contributed by atoms with Gasteiger partial charge in [0.25, 0.3) is 5.91 Å². The van der Waals surface area contributed by atoms with Crippen molar-refractivity contribution in [2.75, 3.05) is 35.2 Å². The molecule has 7 heteroatoms. The van der Waals surface area contributed by atoms with Gasteiger partial charge in [-0.25, -0.2) is 4.79 Å². The van der Waals surface area contributed by atoms with Crippen molar-refractivity contribution in [2.45, 2.75) is 46.1 Å². The van der Waals surface area contributed by atoms with E-state index in [0.717, 1.165) is 38.0 Å². The maximum Gasteiger partial charge on any atom is 0.323 e. The van der Waals surface area contributed by atoms with E-state index in [1.807, 2.05) is 45.0 Å². The number of nitrogens with one attached hydrogen (secondary N) is 3. The molecule has 2 aromatic rings. The first kappa shape index (κ1) is 22.5. The average Bonchev–Trinajstić information content (AvgIpc) is 3.30. The fourth-order valence-electron chi connectivity index (χ4n) is 3.57. The van der Waals surface area contributed by atoms with E-state index in [4.69, 9.17) is 4.74 Å². The molecule has 166 valence electrons. The Labute approximate surface area is 184 Å². The van der Waals surface area contributed by atoms with Crippen molar-refractivity contribution in [3.8, 4) is 5.75 Å². The molecule has 0 saturated carbocycles. The number of hydrogen-bond acceptors (Lipinski definition) is 4. The molecule has 0 aromatic heterocycles. The van der Waals surface area contributed by atoms with E-state index in [2.05, 4.69) is 20.9 Å². The number of carbonyl (C=O) groups is 2. The molecule has 0 radical (unpaired) electrons. The number of amides is 3. The third-order valence-electron chi connectivity index (χ3n) is 5.37. The van der Waals surface area contributed by atoms with Crippen LogP contribution in [-0.4, -0.2) is 37.7 Å². The second kappa shape index (κ2) is 10.7. The van der Waals surface area contributed by atoms with Gasteiger partial charge >= 0.3 is 6.03 Å². The lowest BCUT2D eigenvalue weighted by Crippen LogP contribution is -2.33. The Hall–Kier alpha value is -3.22.